The minimum absolute atomic E-state index is 0.0639. The van der Waals surface area contributed by atoms with Crippen molar-refractivity contribution in [1.29, 1.82) is 0 Å². The molecule has 0 aliphatic rings. The van der Waals surface area contributed by atoms with E-state index in [-0.39, 0.29) is 31.1 Å². The lowest BCUT2D eigenvalue weighted by Crippen LogP contribution is -2.30. The SMILES string of the molecule is CCCCCCCCCCCCCCCCCC(=O)OC[C@H](COC(=O)CCCCCCCCCCCCCC(C)C)OC(=O)CCCCCCCCC. The van der Waals surface area contributed by atoms with Crippen LogP contribution < -0.4 is 0 Å². The topological polar surface area (TPSA) is 78.9 Å². The van der Waals surface area contributed by atoms with Crippen LogP contribution in [-0.2, 0) is 28.6 Å². The van der Waals surface area contributed by atoms with Crippen LogP contribution >= 0.6 is 0 Å². The summed E-state index contributed by atoms with van der Waals surface area (Å²) in [6.07, 6.45) is 42.4. The Morgan fingerprint density at radius 1 is 0.352 bits per heavy atom. The van der Waals surface area contributed by atoms with Gasteiger partial charge in [0.25, 0.3) is 0 Å². The van der Waals surface area contributed by atoms with Crippen LogP contribution in [0.3, 0.4) is 0 Å². The van der Waals surface area contributed by atoms with Crippen LogP contribution in [0.4, 0.5) is 0 Å². The van der Waals surface area contributed by atoms with Crippen LogP contribution in [0, 0.1) is 5.92 Å². The zero-order valence-corrected chi connectivity index (χ0v) is 36.7. The molecule has 0 unspecified atom stereocenters. The fraction of sp³-hybridized carbons (Fsp3) is 0.938. The largest absolute Gasteiger partial charge is 0.462 e. The fourth-order valence-corrected chi connectivity index (χ4v) is 7.16. The maximum Gasteiger partial charge on any atom is 0.306 e. The molecule has 0 heterocycles. The summed E-state index contributed by atoms with van der Waals surface area (Å²) in [4.78, 5) is 37.6. The first-order valence-corrected chi connectivity index (χ1v) is 23.9. The van der Waals surface area contributed by atoms with Gasteiger partial charge < -0.3 is 14.2 Å². The quantitative estimate of drug-likeness (QED) is 0.0349. The number of unbranched alkanes of at least 4 members (excludes halogenated alkanes) is 30. The summed E-state index contributed by atoms with van der Waals surface area (Å²) in [7, 11) is 0. The molecule has 0 spiro atoms. The molecule has 0 N–H and O–H groups in total. The highest BCUT2D eigenvalue weighted by Gasteiger charge is 2.19. The van der Waals surface area contributed by atoms with Crippen LogP contribution in [0.15, 0.2) is 0 Å². The highest BCUT2D eigenvalue weighted by atomic mass is 16.6. The van der Waals surface area contributed by atoms with Gasteiger partial charge in [-0.15, -0.1) is 0 Å². The Balaban J connectivity index is 4.20. The van der Waals surface area contributed by atoms with Gasteiger partial charge in [-0.2, -0.15) is 0 Å². The molecular weight excluding hydrogens is 673 g/mol. The first-order chi connectivity index (χ1) is 26.4. The zero-order valence-electron chi connectivity index (χ0n) is 36.7. The summed E-state index contributed by atoms with van der Waals surface area (Å²) < 4.78 is 16.7. The molecule has 0 aromatic heterocycles. The van der Waals surface area contributed by atoms with E-state index in [1.54, 1.807) is 0 Å². The number of esters is 3. The third-order valence-electron chi connectivity index (χ3n) is 10.8. The van der Waals surface area contributed by atoms with Crippen molar-refractivity contribution in [3.63, 3.8) is 0 Å². The number of hydrogen-bond donors (Lipinski definition) is 0. The van der Waals surface area contributed by atoms with Gasteiger partial charge in [-0.25, -0.2) is 0 Å². The Labute approximate surface area is 336 Å². The lowest BCUT2D eigenvalue weighted by Gasteiger charge is -2.18. The maximum atomic E-state index is 12.6. The molecule has 6 heteroatoms. The average molecular weight is 765 g/mol. The van der Waals surface area contributed by atoms with Crippen LogP contribution in [0.2, 0.25) is 0 Å². The Morgan fingerprint density at radius 2 is 0.611 bits per heavy atom. The van der Waals surface area contributed by atoms with Crippen molar-refractivity contribution in [2.75, 3.05) is 13.2 Å². The number of ether oxygens (including phenoxy) is 3. The van der Waals surface area contributed by atoms with E-state index >= 15 is 0 Å². The summed E-state index contributed by atoms with van der Waals surface area (Å²) in [6.45, 7) is 8.97. The van der Waals surface area contributed by atoms with Crippen molar-refractivity contribution in [2.24, 2.45) is 5.92 Å². The Morgan fingerprint density at radius 3 is 0.907 bits per heavy atom. The number of rotatable bonds is 43. The van der Waals surface area contributed by atoms with Gasteiger partial charge in [-0.3, -0.25) is 14.4 Å². The van der Waals surface area contributed by atoms with E-state index < -0.39 is 6.10 Å². The summed E-state index contributed by atoms with van der Waals surface area (Å²) in [5.41, 5.74) is 0. The molecule has 0 bridgehead atoms. The predicted molar refractivity (Wildman–Crippen MR) is 229 cm³/mol. The average Bonchev–Trinajstić information content (AvgIpc) is 3.15. The van der Waals surface area contributed by atoms with Crippen molar-refractivity contribution in [2.45, 2.75) is 271 Å². The first-order valence-electron chi connectivity index (χ1n) is 23.9. The summed E-state index contributed by atoms with van der Waals surface area (Å²) in [5, 5.41) is 0. The van der Waals surface area contributed by atoms with Crippen LogP contribution in [0.25, 0.3) is 0 Å². The molecule has 54 heavy (non-hydrogen) atoms. The van der Waals surface area contributed by atoms with Crippen molar-refractivity contribution >= 4 is 17.9 Å². The summed E-state index contributed by atoms with van der Waals surface area (Å²) in [5.74, 6) is -0.0303. The van der Waals surface area contributed by atoms with Crippen molar-refractivity contribution in [3.05, 3.63) is 0 Å². The molecule has 320 valence electrons. The summed E-state index contributed by atoms with van der Waals surface area (Å²) in [6, 6.07) is 0. The van der Waals surface area contributed by atoms with Gasteiger partial charge in [-0.1, -0.05) is 227 Å². The highest BCUT2D eigenvalue weighted by Crippen LogP contribution is 2.16. The molecule has 1 atom stereocenters. The predicted octanol–water partition coefficient (Wildman–Crippen LogP) is 15.1. The van der Waals surface area contributed by atoms with E-state index in [1.807, 2.05) is 0 Å². The van der Waals surface area contributed by atoms with E-state index in [0.29, 0.717) is 19.3 Å². The van der Waals surface area contributed by atoms with Crippen LogP contribution in [-0.4, -0.2) is 37.2 Å². The van der Waals surface area contributed by atoms with E-state index in [2.05, 4.69) is 27.7 Å². The second kappa shape index (κ2) is 42.6. The van der Waals surface area contributed by atoms with Crippen molar-refractivity contribution in [1.82, 2.24) is 0 Å². The lowest BCUT2D eigenvalue weighted by molar-refractivity contribution is -0.167. The number of hydrogen-bond acceptors (Lipinski definition) is 6. The van der Waals surface area contributed by atoms with Gasteiger partial charge in [0.05, 0.1) is 0 Å². The van der Waals surface area contributed by atoms with Gasteiger partial charge >= 0.3 is 17.9 Å². The van der Waals surface area contributed by atoms with E-state index in [9.17, 15) is 14.4 Å². The molecule has 0 aromatic rings. The Kier molecular flexibility index (Phi) is 41.3. The number of carbonyl (C=O) groups excluding carboxylic acids is 3. The highest BCUT2D eigenvalue weighted by molar-refractivity contribution is 5.71. The molecule has 0 fully saturated rings. The Bertz CT molecular complexity index is 811. The molecule has 0 aromatic carbocycles. The Hall–Kier alpha value is -1.59. The second-order valence-electron chi connectivity index (χ2n) is 16.9. The van der Waals surface area contributed by atoms with Gasteiger partial charge in [0.15, 0.2) is 6.10 Å². The van der Waals surface area contributed by atoms with Crippen molar-refractivity contribution < 1.29 is 28.6 Å². The van der Waals surface area contributed by atoms with Gasteiger partial charge in [0.2, 0.25) is 0 Å². The molecule has 0 aliphatic heterocycles. The zero-order chi connectivity index (χ0) is 39.6. The van der Waals surface area contributed by atoms with Gasteiger partial charge in [0, 0.05) is 19.3 Å². The normalized spacial score (nSPS) is 11.9. The second-order valence-corrected chi connectivity index (χ2v) is 16.9. The standard InChI is InChI=1S/C48H92O6/c1-5-7-9-11-13-14-15-16-17-18-21-24-28-31-35-39-46(49)52-42-45(54-48(51)41-37-33-26-12-10-8-6-2)43-53-47(50)40-36-32-29-25-22-19-20-23-27-30-34-38-44(3)4/h44-45H,5-43H2,1-4H3/t45-/m1/s1. The maximum absolute atomic E-state index is 12.6. The fourth-order valence-electron chi connectivity index (χ4n) is 7.16. The van der Waals surface area contributed by atoms with Gasteiger partial charge in [0.1, 0.15) is 13.2 Å². The van der Waals surface area contributed by atoms with E-state index in [0.717, 1.165) is 63.7 Å². The van der Waals surface area contributed by atoms with Crippen molar-refractivity contribution in [3.8, 4) is 0 Å². The molecule has 0 amide bonds. The van der Waals surface area contributed by atoms with Crippen LogP contribution in [0.1, 0.15) is 265 Å². The molecule has 0 saturated heterocycles. The molecule has 0 radical (unpaired) electrons. The lowest BCUT2D eigenvalue weighted by atomic mass is 10.0. The number of carbonyl (C=O) groups is 3. The van der Waals surface area contributed by atoms with Gasteiger partial charge in [-0.05, 0) is 25.2 Å². The van der Waals surface area contributed by atoms with E-state index in [1.165, 1.54) is 161 Å². The third-order valence-corrected chi connectivity index (χ3v) is 10.8. The molecular formula is C48H92O6. The summed E-state index contributed by atoms with van der Waals surface area (Å²) >= 11 is 0. The van der Waals surface area contributed by atoms with E-state index in [4.69, 9.17) is 14.2 Å². The first kappa shape index (κ1) is 52.4. The minimum atomic E-state index is -0.758. The molecule has 0 saturated carbocycles. The minimum Gasteiger partial charge on any atom is -0.462 e. The third kappa shape index (κ3) is 41.6. The monoisotopic (exact) mass is 765 g/mol. The van der Waals surface area contributed by atoms with Crippen LogP contribution in [0.5, 0.6) is 0 Å². The molecule has 0 rings (SSSR count). The molecule has 0 aliphatic carbocycles. The smallest absolute Gasteiger partial charge is 0.306 e. The molecule has 6 nitrogen and oxygen atoms in total.